The zero-order valence-corrected chi connectivity index (χ0v) is 13.4. The summed E-state index contributed by atoms with van der Waals surface area (Å²) in [5.74, 6) is 0. The van der Waals surface area contributed by atoms with Crippen molar-refractivity contribution in [1.29, 1.82) is 0 Å². The Labute approximate surface area is 124 Å². The van der Waals surface area contributed by atoms with Crippen LogP contribution in [0.2, 0.25) is 0 Å². The van der Waals surface area contributed by atoms with Crippen LogP contribution in [0.25, 0.3) is 0 Å². The molecule has 2 saturated heterocycles. The maximum atomic E-state index is 6.05. The van der Waals surface area contributed by atoms with Gasteiger partial charge in [-0.2, -0.15) is 0 Å². The summed E-state index contributed by atoms with van der Waals surface area (Å²) in [5, 5.41) is 3.92. The summed E-state index contributed by atoms with van der Waals surface area (Å²) in [6.45, 7) is 9.16. The number of rotatable bonds is 3. The molecule has 3 aliphatic rings. The van der Waals surface area contributed by atoms with Gasteiger partial charge in [-0.3, -0.25) is 4.90 Å². The first-order valence-electron chi connectivity index (χ1n) is 8.78. The first-order valence-corrected chi connectivity index (χ1v) is 8.78. The Morgan fingerprint density at radius 3 is 2.60 bits per heavy atom. The van der Waals surface area contributed by atoms with E-state index >= 15 is 0 Å². The van der Waals surface area contributed by atoms with E-state index in [4.69, 9.17) is 4.74 Å². The van der Waals surface area contributed by atoms with Crippen LogP contribution in [0.1, 0.15) is 65.2 Å². The van der Waals surface area contributed by atoms with Crippen LogP contribution >= 0.6 is 0 Å². The van der Waals surface area contributed by atoms with E-state index in [1.165, 1.54) is 64.5 Å². The van der Waals surface area contributed by atoms with Crippen LogP contribution in [0.5, 0.6) is 0 Å². The smallest absolute Gasteiger partial charge is 0.0781 e. The van der Waals surface area contributed by atoms with Gasteiger partial charge in [-0.1, -0.05) is 26.2 Å². The standard InChI is InChI=1S/C17H32N2O/c1-3-15-12-18-17(9-5-4-6-10-17)14-19(15)13-16(2)8-7-11-20-16/h15,18H,3-14H2,1-2H3. The number of nitrogens with zero attached hydrogens (tertiary/aromatic N) is 1. The largest absolute Gasteiger partial charge is 0.374 e. The molecule has 0 amide bonds. The van der Waals surface area contributed by atoms with Crippen LogP contribution in [0, 0.1) is 0 Å². The molecule has 3 rings (SSSR count). The van der Waals surface area contributed by atoms with Gasteiger partial charge in [0.1, 0.15) is 0 Å². The van der Waals surface area contributed by atoms with E-state index in [0.29, 0.717) is 11.6 Å². The predicted molar refractivity (Wildman–Crippen MR) is 83.1 cm³/mol. The Morgan fingerprint density at radius 2 is 1.95 bits per heavy atom. The molecule has 1 aliphatic carbocycles. The lowest BCUT2D eigenvalue weighted by Gasteiger charge is -2.51. The lowest BCUT2D eigenvalue weighted by Crippen LogP contribution is -2.66. The van der Waals surface area contributed by atoms with Crippen molar-refractivity contribution in [2.45, 2.75) is 82.4 Å². The monoisotopic (exact) mass is 280 g/mol. The quantitative estimate of drug-likeness (QED) is 0.860. The molecule has 3 nitrogen and oxygen atoms in total. The Hall–Kier alpha value is -0.120. The van der Waals surface area contributed by atoms with E-state index in [-0.39, 0.29) is 5.60 Å². The number of hydrogen-bond donors (Lipinski definition) is 1. The van der Waals surface area contributed by atoms with Crippen molar-refractivity contribution in [3.8, 4) is 0 Å². The average molecular weight is 280 g/mol. The molecule has 116 valence electrons. The molecule has 1 spiro atoms. The second kappa shape index (κ2) is 5.94. The lowest BCUT2D eigenvalue weighted by molar-refractivity contribution is -0.0419. The van der Waals surface area contributed by atoms with Gasteiger partial charge in [-0.15, -0.1) is 0 Å². The number of piperazine rings is 1. The van der Waals surface area contributed by atoms with Gasteiger partial charge in [0, 0.05) is 37.8 Å². The van der Waals surface area contributed by atoms with Gasteiger partial charge in [0.15, 0.2) is 0 Å². The molecule has 2 atom stereocenters. The first kappa shape index (κ1) is 14.8. The summed E-state index contributed by atoms with van der Waals surface area (Å²) in [6.07, 6.45) is 10.7. The fraction of sp³-hybridized carbons (Fsp3) is 1.00. The molecule has 0 aromatic carbocycles. The maximum Gasteiger partial charge on any atom is 0.0781 e. The Morgan fingerprint density at radius 1 is 1.15 bits per heavy atom. The number of nitrogens with one attached hydrogen (secondary N) is 1. The van der Waals surface area contributed by atoms with Crippen molar-refractivity contribution >= 4 is 0 Å². The molecule has 1 saturated carbocycles. The minimum Gasteiger partial charge on any atom is -0.374 e. The highest BCUT2D eigenvalue weighted by Crippen LogP contribution is 2.34. The third kappa shape index (κ3) is 3.05. The summed E-state index contributed by atoms with van der Waals surface area (Å²) in [6, 6.07) is 0.698. The molecule has 2 heterocycles. The Kier molecular flexibility index (Phi) is 4.40. The zero-order valence-electron chi connectivity index (χ0n) is 13.4. The molecule has 20 heavy (non-hydrogen) atoms. The highest BCUT2D eigenvalue weighted by molar-refractivity contribution is 5.01. The normalized spacial score (nSPS) is 38.4. The van der Waals surface area contributed by atoms with Crippen molar-refractivity contribution in [2.24, 2.45) is 0 Å². The second-order valence-corrected chi connectivity index (χ2v) is 7.59. The van der Waals surface area contributed by atoms with Gasteiger partial charge in [0.05, 0.1) is 5.60 Å². The molecule has 0 aromatic rings. The third-order valence-corrected chi connectivity index (χ3v) is 5.85. The molecule has 3 fully saturated rings. The fourth-order valence-corrected chi connectivity index (χ4v) is 4.58. The van der Waals surface area contributed by atoms with E-state index in [1.807, 2.05) is 0 Å². The summed E-state index contributed by atoms with van der Waals surface area (Å²) in [5.41, 5.74) is 0.527. The summed E-state index contributed by atoms with van der Waals surface area (Å²) < 4.78 is 6.05. The minimum atomic E-state index is 0.112. The van der Waals surface area contributed by atoms with Crippen molar-refractivity contribution in [3.05, 3.63) is 0 Å². The van der Waals surface area contributed by atoms with E-state index in [0.717, 1.165) is 13.2 Å². The first-order chi connectivity index (χ1) is 9.65. The number of ether oxygens (including phenoxy) is 1. The third-order valence-electron chi connectivity index (χ3n) is 5.85. The molecule has 0 bridgehead atoms. The van der Waals surface area contributed by atoms with Crippen LogP contribution in [0.4, 0.5) is 0 Å². The van der Waals surface area contributed by atoms with Crippen LogP contribution in [-0.2, 0) is 4.74 Å². The zero-order chi connectivity index (χ0) is 14.1. The summed E-state index contributed by atoms with van der Waals surface area (Å²) in [7, 11) is 0. The Bertz CT molecular complexity index is 319. The molecule has 2 unspecified atom stereocenters. The van der Waals surface area contributed by atoms with Crippen molar-refractivity contribution < 1.29 is 4.74 Å². The molecule has 3 heteroatoms. The second-order valence-electron chi connectivity index (χ2n) is 7.59. The van der Waals surface area contributed by atoms with E-state index < -0.39 is 0 Å². The van der Waals surface area contributed by atoms with E-state index in [9.17, 15) is 0 Å². The minimum absolute atomic E-state index is 0.112. The molecule has 0 aromatic heterocycles. The van der Waals surface area contributed by atoms with Gasteiger partial charge >= 0.3 is 0 Å². The molecule has 1 N–H and O–H groups in total. The lowest BCUT2D eigenvalue weighted by atomic mass is 9.79. The van der Waals surface area contributed by atoms with Gasteiger partial charge in [0.2, 0.25) is 0 Å². The predicted octanol–water partition coefficient (Wildman–Crippen LogP) is 2.94. The van der Waals surface area contributed by atoms with Crippen molar-refractivity contribution in [2.75, 3.05) is 26.2 Å². The van der Waals surface area contributed by atoms with Gasteiger partial charge in [-0.25, -0.2) is 0 Å². The molecule has 2 aliphatic heterocycles. The van der Waals surface area contributed by atoms with Crippen LogP contribution in [0.3, 0.4) is 0 Å². The van der Waals surface area contributed by atoms with Gasteiger partial charge in [0.25, 0.3) is 0 Å². The van der Waals surface area contributed by atoms with Gasteiger partial charge < -0.3 is 10.1 Å². The SMILES string of the molecule is CCC1CNC2(CCCCC2)CN1CC1(C)CCCO1. The average Bonchev–Trinajstić information content (AvgIpc) is 2.86. The fourth-order valence-electron chi connectivity index (χ4n) is 4.58. The molecule has 0 radical (unpaired) electrons. The summed E-state index contributed by atoms with van der Waals surface area (Å²) in [4.78, 5) is 2.76. The van der Waals surface area contributed by atoms with Crippen LogP contribution in [0.15, 0.2) is 0 Å². The molecular weight excluding hydrogens is 248 g/mol. The van der Waals surface area contributed by atoms with Crippen molar-refractivity contribution in [1.82, 2.24) is 10.2 Å². The Balaban J connectivity index is 1.68. The van der Waals surface area contributed by atoms with Crippen molar-refractivity contribution in [3.63, 3.8) is 0 Å². The number of hydrogen-bond acceptors (Lipinski definition) is 3. The van der Waals surface area contributed by atoms with E-state index in [1.54, 1.807) is 0 Å². The summed E-state index contributed by atoms with van der Waals surface area (Å²) >= 11 is 0. The van der Waals surface area contributed by atoms with E-state index in [2.05, 4.69) is 24.1 Å². The highest BCUT2D eigenvalue weighted by Gasteiger charge is 2.42. The van der Waals surface area contributed by atoms with Crippen LogP contribution < -0.4 is 5.32 Å². The highest BCUT2D eigenvalue weighted by atomic mass is 16.5. The topological polar surface area (TPSA) is 24.5 Å². The maximum absolute atomic E-state index is 6.05. The van der Waals surface area contributed by atoms with Crippen LogP contribution in [-0.4, -0.2) is 48.3 Å². The van der Waals surface area contributed by atoms with Gasteiger partial charge in [-0.05, 0) is 39.0 Å². The molecular formula is C17H32N2O.